The van der Waals surface area contributed by atoms with E-state index in [-0.39, 0.29) is 11.1 Å². The van der Waals surface area contributed by atoms with Gasteiger partial charge in [0.15, 0.2) is 11.4 Å². The van der Waals surface area contributed by atoms with Crippen LogP contribution in [0.3, 0.4) is 0 Å². The molecule has 0 aliphatic carbocycles. The maximum atomic E-state index is 12.1. The smallest absolute Gasteiger partial charge is 0.191 e. The number of carbonyl (C=O) groups excluding carboxylic acids is 1. The number of carbonyl (C=O) groups is 1. The van der Waals surface area contributed by atoms with Crippen LogP contribution in [0.2, 0.25) is 0 Å². The van der Waals surface area contributed by atoms with Gasteiger partial charge in [0, 0.05) is 17.4 Å². The third-order valence-electron chi connectivity index (χ3n) is 3.69. The number of aromatic nitrogens is 3. The van der Waals surface area contributed by atoms with Crippen LogP contribution in [0.15, 0.2) is 6.07 Å². The maximum absolute atomic E-state index is 12.1. The number of rotatable bonds is 8. The first kappa shape index (κ1) is 16.9. The van der Waals surface area contributed by atoms with E-state index in [1.54, 1.807) is 0 Å². The second kappa shape index (κ2) is 7.72. The van der Waals surface area contributed by atoms with Crippen molar-refractivity contribution in [2.75, 3.05) is 10.6 Å². The number of hydrogen-bond donors (Lipinski definition) is 2. The van der Waals surface area contributed by atoms with Crippen LogP contribution in [0.5, 0.6) is 0 Å². The van der Waals surface area contributed by atoms with Crippen LogP contribution < -0.4 is 5.32 Å². The van der Waals surface area contributed by atoms with Gasteiger partial charge in [-0.05, 0) is 25.8 Å². The van der Waals surface area contributed by atoms with E-state index < -0.39 is 0 Å². The second-order valence-electron chi connectivity index (χ2n) is 5.58. The number of nitrogens with one attached hydrogen (secondary N) is 2. The minimum atomic E-state index is -0.0151. The van der Waals surface area contributed by atoms with E-state index in [0.717, 1.165) is 42.5 Å². The van der Waals surface area contributed by atoms with Gasteiger partial charge in [0.2, 0.25) is 0 Å². The van der Waals surface area contributed by atoms with Crippen LogP contribution in [-0.2, 0) is 0 Å². The van der Waals surface area contributed by atoms with E-state index in [4.69, 9.17) is 0 Å². The molecule has 0 bridgehead atoms. The number of aryl methyl sites for hydroxylation is 1. The Morgan fingerprint density at radius 2 is 2.05 bits per heavy atom. The molecular formula is C16H23BrN4O. The first-order valence-corrected chi connectivity index (χ1v) is 8.94. The first-order valence-electron chi connectivity index (χ1n) is 7.82. The van der Waals surface area contributed by atoms with E-state index in [2.05, 4.69) is 50.3 Å². The number of ketones is 1. The minimum Gasteiger partial charge on any atom is -0.382 e. The molecule has 0 saturated heterocycles. The zero-order chi connectivity index (χ0) is 16.1. The van der Waals surface area contributed by atoms with Crippen LogP contribution in [0.1, 0.15) is 55.7 Å². The lowest BCUT2D eigenvalue weighted by molar-refractivity contribution is 0.102. The standard InChI is InChI=1S/C16H23BrN4O/c1-4-6-11(7-5-2)19-12-8-10(3)18-16-14(12)15(20-21-16)13(22)9-17/h8,11H,4-7,9H2,1-3H3,(H2,18,19,20,21). The summed E-state index contributed by atoms with van der Waals surface area (Å²) >= 11 is 3.22. The zero-order valence-corrected chi connectivity index (χ0v) is 15.0. The fraction of sp³-hybridized carbons (Fsp3) is 0.562. The second-order valence-corrected chi connectivity index (χ2v) is 6.14. The molecule has 6 heteroatoms. The normalized spacial score (nSPS) is 11.3. The van der Waals surface area contributed by atoms with Gasteiger partial charge in [-0.1, -0.05) is 42.6 Å². The molecule has 5 nitrogen and oxygen atoms in total. The molecule has 0 unspecified atom stereocenters. The minimum absolute atomic E-state index is 0.0151. The molecule has 0 saturated carbocycles. The average Bonchev–Trinajstić information content (AvgIpc) is 2.90. The number of fused-ring (bicyclic) bond motifs is 1. The van der Waals surface area contributed by atoms with Crippen molar-refractivity contribution in [3.63, 3.8) is 0 Å². The molecule has 2 rings (SSSR count). The number of alkyl halides is 1. The molecule has 0 radical (unpaired) electrons. The van der Waals surface area contributed by atoms with Crippen molar-refractivity contribution in [3.05, 3.63) is 17.5 Å². The Labute approximate surface area is 139 Å². The third kappa shape index (κ3) is 3.66. The van der Waals surface area contributed by atoms with Crippen molar-refractivity contribution in [3.8, 4) is 0 Å². The van der Waals surface area contributed by atoms with Gasteiger partial charge in [-0.3, -0.25) is 9.89 Å². The van der Waals surface area contributed by atoms with Gasteiger partial charge in [0.1, 0.15) is 5.69 Å². The summed E-state index contributed by atoms with van der Waals surface area (Å²) in [6.07, 6.45) is 4.47. The molecule has 2 aromatic heterocycles. The highest BCUT2D eigenvalue weighted by Crippen LogP contribution is 2.27. The molecule has 2 N–H and O–H groups in total. The lowest BCUT2D eigenvalue weighted by Gasteiger charge is -2.19. The predicted molar refractivity (Wildman–Crippen MR) is 94.0 cm³/mol. The number of halogens is 1. The number of nitrogens with zero attached hydrogens (tertiary/aromatic N) is 2. The average molecular weight is 367 g/mol. The van der Waals surface area contributed by atoms with Crippen LogP contribution in [0.4, 0.5) is 5.69 Å². The van der Waals surface area contributed by atoms with Crippen molar-refractivity contribution in [1.82, 2.24) is 15.2 Å². The van der Waals surface area contributed by atoms with E-state index in [9.17, 15) is 4.79 Å². The van der Waals surface area contributed by atoms with Gasteiger partial charge < -0.3 is 5.32 Å². The van der Waals surface area contributed by atoms with Gasteiger partial charge in [0.25, 0.3) is 0 Å². The Morgan fingerprint density at radius 3 is 2.64 bits per heavy atom. The fourth-order valence-corrected chi connectivity index (χ4v) is 3.02. The summed E-state index contributed by atoms with van der Waals surface area (Å²) in [5.41, 5.74) is 2.96. The first-order chi connectivity index (χ1) is 10.6. The van der Waals surface area contributed by atoms with Crippen molar-refractivity contribution < 1.29 is 4.79 Å². The van der Waals surface area contributed by atoms with E-state index in [1.807, 2.05) is 13.0 Å². The highest BCUT2D eigenvalue weighted by molar-refractivity contribution is 9.09. The topological polar surface area (TPSA) is 70.7 Å². The van der Waals surface area contributed by atoms with Gasteiger partial charge >= 0.3 is 0 Å². The monoisotopic (exact) mass is 366 g/mol. The number of pyridine rings is 1. The predicted octanol–water partition coefficient (Wildman–Crippen LogP) is 4.22. The molecule has 0 aromatic carbocycles. The third-order valence-corrected chi connectivity index (χ3v) is 4.20. The van der Waals surface area contributed by atoms with Gasteiger partial charge in [-0.15, -0.1) is 0 Å². The Balaban J connectivity index is 2.46. The molecule has 0 aliphatic rings. The zero-order valence-electron chi connectivity index (χ0n) is 13.4. The van der Waals surface area contributed by atoms with Crippen LogP contribution >= 0.6 is 15.9 Å². The summed E-state index contributed by atoms with van der Waals surface area (Å²) in [4.78, 5) is 16.5. The molecule has 2 heterocycles. The van der Waals surface area contributed by atoms with E-state index in [1.165, 1.54) is 0 Å². The summed E-state index contributed by atoms with van der Waals surface area (Å²) in [6, 6.07) is 2.41. The van der Waals surface area contributed by atoms with Crippen LogP contribution in [0.25, 0.3) is 11.0 Å². The van der Waals surface area contributed by atoms with Crippen LogP contribution in [-0.4, -0.2) is 32.3 Å². The number of aromatic amines is 1. The van der Waals surface area contributed by atoms with Crippen LogP contribution in [0, 0.1) is 6.92 Å². The molecule has 120 valence electrons. The number of Topliss-reactive ketones (excluding diaryl/α,β-unsaturated/α-hetero) is 1. The quantitative estimate of drug-likeness (QED) is 0.541. The molecule has 2 aromatic rings. The number of H-pyrrole nitrogens is 1. The Kier molecular flexibility index (Phi) is 5.94. The van der Waals surface area contributed by atoms with Crippen molar-refractivity contribution >= 4 is 38.4 Å². The van der Waals surface area contributed by atoms with Gasteiger partial charge in [-0.2, -0.15) is 5.10 Å². The summed E-state index contributed by atoms with van der Waals surface area (Å²) in [6.45, 7) is 6.32. The van der Waals surface area contributed by atoms with Gasteiger partial charge in [0.05, 0.1) is 10.7 Å². The molecule has 0 aliphatic heterocycles. The molecule has 0 atom stereocenters. The Hall–Kier alpha value is -1.43. The molecule has 0 spiro atoms. The van der Waals surface area contributed by atoms with E-state index in [0.29, 0.717) is 17.4 Å². The lowest BCUT2D eigenvalue weighted by Crippen LogP contribution is -2.19. The Bertz CT molecular complexity index is 647. The SMILES string of the molecule is CCCC(CCC)Nc1cc(C)nc2n[nH]c(C(=O)CBr)c12. The fourth-order valence-electron chi connectivity index (χ4n) is 2.74. The summed E-state index contributed by atoms with van der Waals surface area (Å²) in [7, 11) is 0. The molecule has 0 amide bonds. The number of anilines is 1. The molecule has 0 fully saturated rings. The van der Waals surface area contributed by atoms with Crippen molar-refractivity contribution in [1.29, 1.82) is 0 Å². The summed E-state index contributed by atoms with van der Waals surface area (Å²) in [5, 5.41) is 11.7. The van der Waals surface area contributed by atoms with E-state index >= 15 is 0 Å². The molecule has 22 heavy (non-hydrogen) atoms. The summed E-state index contributed by atoms with van der Waals surface area (Å²) in [5.74, 6) is -0.0151. The van der Waals surface area contributed by atoms with Crippen molar-refractivity contribution in [2.45, 2.75) is 52.5 Å². The highest BCUT2D eigenvalue weighted by atomic mass is 79.9. The largest absolute Gasteiger partial charge is 0.382 e. The maximum Gasteiger partial charge on any atom is 0.191 e. The van der Waals surface area contributed by atoms with Crippen molar-refractivity contribution in [2.24, 2.45) is 0 Å². The number of hydrogen-bond acceptors (Lipinski definition) is 4. The molecular weight excluding hydrogens is 344 g/mol. The lowest BCUT2D eigenvalue weighted by atomic mass is 10.1. The summed E-state index contributed by atoms with van der Waals surface area (Å²) < 4.78 is 0. The van der Waals surface area contributed by atoms with Gasteiger partial charge in [-0.25, -0.2) is 4.98 Å². The highest BCUT2D eigenvalue weighted by Gasteiger charge is 2.19. The Morgan fingerprint density at radius 1 is 1.36 bits per heavy atom.